The number of benzene rings is 1. The molecule has 0 aliphatic rings. The van der Waals surface area contributed by atoms with E-state index < -0.39 is 0 Å². The second-order valence-corrected chi connectivity index (χ2v) is 4.50. The summed E-state index contributed by atoms with van der Waals surface area (Å²) in [4.78, 5) is 13.0. The minimum absolute atomic E-state index is 0.127. The lowest BCUT2D eigenvalue weighted by atomic mass is 10.1. The van der Waals surface area contributed by atoms with Gasteiger partial charge in [0.2, 0.25) is 0 Å². The van der Waals surface area contributed by atoms with E-state index in [4.69, 9.17) is 4.42 Å². The molecule has 0 saturated carbocycles. The number of furan rings is 1. The van der Waals surface area contributed by atoms with Crippen molar-refractivity contribution in [1.82, 2.24) is 0 Å². The molecule has 4 heteroatoms. The smallest absolute Gasteiger partial charge is 0.196 e. The quantitative estimate of drug-likeness (QED) is 0.784. The summed E-state index contributed by atoms with van der Waals surface area (Å²) in [5.41, 5.74) is 0.589. The fraction of sp³-hybridized carbons (Fsp3) is 0.267. The van der Waals surface area contributed by atoms with Crippen molar-refractivity contribution in [3.05, 3.63) is 53.5 Å². The summed E-state index contributed by atoms with van der Waals surface area (Å²) in [7, 11) is 1.81. The molecular formula is C15H16FNO2. The Morgan fingerprint density at radius 3 is 2.53 bits per heavy atom. The Bertz CT molecular complexity index is 591. The van der Waals surface area contributed by atoms with E-state index in [1.54, 1.807) is 42.3 Å². The molecule has 2 aromatic rings. The summed E-state index contributed by atoms with van der Waals surface area (Å²) in [6.07, 6.45) is 0. The van der Waals surface area contributed by atoms with Crippen molar-refractivity contribution in [2.45, 2.75) is 19.9 Å². The highest BCUT2D eigenvalue weighted by Crippen LogP contribution is 2.28. The van der Waals surface area contributed by atoms with E-state index >= 15 is 0 Å². The molecule has 100 valence electrons. The number of carbonyl (C=O) groups excluding carboxylic acids is 1. The molecule has 1 unspecified atom stereocenters. The van der Waals surface area contributed by atoms with Crippen molar-refractivity contribution >= 4 is 11.7 Å². The van der Waals surface area contributed by atoms with Crippen LogP contribution in [-0.4, -0.2) is 12.8 Å². The van der Waals surface area contributed by atoms with Crippen LogP contribution < -0.4 is 4.90 Å². The first kappa shape index (κ1) is 13.3. The highest BCUT2D eigenvalue weighted by atomic mass is 19.1. The molecule has 0 radical (unpaired) electrons. The molecule has 0 aliphatic carbocycles. The Balaban J connectivity index is 2.25. The van der Waals surface area contributed by atoms with Crippen LogP contribution in [0.2, 0.25) is 0 Å². The van der Waals surface area contributed by atoms with Crippen LogP contribution in [0.3, 0.4) is 0 Å². The molecule has 1 heterocycles. The van der Waals surface area contributed by atoms with E-state index in [2.05, 4.69) is 0 Å². The summed E-state index contributed by atoms with van der Waals surface area (Å²) in [5.74, 6) is 0.474. The third-order valence-electron chi connectivity index (χ3n) is 3.22. The van der Waals surface area contributed by atoms with Gasteiger partial charge in [0, 0.05) is 25.6 Å². The Morgan fingerprint density at radius 1 is 1.26 bits per heavy atom. The van der Waals surface area contributed by atoms with Gasteiger partial charge in [-0.2, -0.15) is 0 Å². The van der Waals surface area contributed by atoms with Gasteiger partial charge in [0.1, 0.15) is 5.82 Å². The van der Waals surface area contributed by atoms with Crippen LogP contribution in [0.4, 0.5) is 10.3 Å². The first-order chi connectivity index (χ1) is 9.00. The number of Topliss-reactive ketones (excluding diaryl/α,β-unsaturated/α-hetero) is 1. The van der Waals surface area contributed by atoms with Crippen molar-refractivity contribution < 1.29 is 13.6 Å². The molecule has 2 rings (SSSR count). The number of anilines is 1. The summed E-state index contributed by atoms with van der Waals surface area (Å²) in [5, 5.41) is 0. The van der Waals surface area contributed by atoms with Crippen LogP contribution >= 0.6 is 0 Å². The summed E-state index contributed by atoms with van der Waals surface area (Å²) in [6, 6.07) is 9.79. The van der Waals surface area contributed by atoms with Crippen molar-refractivity contribution in [2.75, 3.05) is 11.9 Å². The lowest BCUT2D eigenvalue weighted by Crippen LogP contribution is -2.21. The Hall–Kier alpha value is -2.10. The molecule has 1 aromatic carbocycles. The van der Waals surface area contributed by atoms with Crippen LogP contribution in [0.1, 0.15) is 36.0 Å². The molecule has 3 nitrogen and oxygen atoms in total. The Labute approximate surface area is 111 Å². The summed E-state index contributed by atoms with van der Waals surface area (Å²) in [6.45, 7) is 3.33. The minimum atomic E-state index is -0.250. The molecule has 0 amide bonds. The number of hydrogen-bond donors (Lipinski definition) is 0. The third kappa shape index (κ3) is 2.67. The lowest BCUT2D eigenvalue weighted by molar-refractivity contribution is 0.0987. The lowest BCUT2D eigenvalue weighted by Gasteiger charge is -2.25. The zero-order valence-electron chi connectivity index (χ0n) is 11.2. The van der Waals surface area contributed by atoms with E-state index in [9.17, 15) is 9.18 Å². The molecule has 0 spiro atoms. The number of nitrogens with zero attached hydrogens (tertiary/aromatic N) is 1. The third-order valence-corrected chi connectivity index (χ3v) is 3.22. The van der Waals surface area contributed by atoms with Gasteiger partial charge in [0.25, 0.3) is 0 Å². The molecule has 19 heavy (non-hydrogen) atoms. The van der Waals surface area contributed by atoms with E-state index in [0.717, 1.165) is 0 Å². The van der Waals surface area contributed by atoms with E-state index in [1.165, 1.54) is 13.0 Å². The summed E-state index contributed by atoms with van der Waals surface area (Å²) >= 11 is 0. The van der Waals surface area contributed by atoms with Crippen LogP contribution in [0, 0.1) is 5.82 Å². The second kappa shape index (κ2) is 5.26. The van der Waals surface area contributed by atoms with Crippen molar-refractivity contribution in [3.63, 3.8) is 0 Å². The number of rotatable bonds is 4. The van der Waals surface area contributed by atoms with Gasteiger partial charge in [-0.05, 0) is 19.1 Å². The van der Waals surface area contributed by atoms with Crippen molar-refractivity contribution in [3.8, 4) is 0 Å². The molecule has 0 N–H and O–H groups in total. The van der Waals surface area contributed by atoms with E-state index in [0.29, 0.717) is 17.2 Å². The van der Waals surface area contributed by atoms with E-state index in [1.807, 2.05) is 6.92 Å². The highest BCUT2D eigenvalue weighted by molar-refractivity contribution is 5.91. The maximum atomic E-state index is 13.7. The average Bonchev–Trinajstić information content (AvgIpc) is 2.87. The number of halogens is 1. The highest BCUT2D eigenvalue weighted by Gasteiger charge is 2.18. The van der Waals surface area contributed by atoms with Gasteiger partial charge in [0.15, 0.2) is 17.4 Å². The van der Waals surface area contributed by atoms with Crippen LogP contribution in [0.5, 0.6) is 0 Å². The average molecular weight is 261 g/mol. The SMILES string of the molecule is CC(=O)c1ccc(N(C)C(C)c2ccccc2F)o1. The van der Waals surface area contributed by atoms with Gasteiger partial charge >= 0.3 is 0 Å². The van der Waals surface area contributed by atoms with Crippen molar-refractivity contribution in [2.24, 2.45) is 0 Å². The normalized spacial score (nSPS) is 12.2. The predicted octanol–water partition coefficient (Wildman–Crippen LogP) is 3.82. The summed E-state index contributed by atoms with van der Waals surface area (Å²) < 4.78 is 19.2. The van der Waals surface area contributed by atoms with Gasteiger partial charge in [-0.1, -0.05) is 18.2 Å². The molecule has 1 aromatic heterocycles. The Morgan fingerprint density at radius 2 is 1.95 bits per heavy atom. The van der Waals surface area contributed by atoms with E-state index in [-0.39, 0.29) is 17.6 Å². The largest absolute Gasteiger partial charge is 0.437 e. The van der Waals surface area contributed by atoms with Crippen LogP contribution in [0.15, 0.2) is 40.8 Å². The first-order valence-electron chi connectivity index (χ1n) is 6.08. The van der Waals surface area contributed by atoms with Gasteiger partial charge in [0.05, 0.1) is 6.04 Å². The number of ketones is 1. The van der Waals surface area contributed by atoms with Crippen molar-refractivity contribution in [1.29, 1.82) is 0 Å². The maximum Gasteiger partial charge on any atom is 0.196 e. The molecule has 1 atom stereocenters. The topological polar surface area (TPSA) is 33.5 Å². The molecule has 0 aliphatic heterocycles. The van der Waals surface area contributed by atoms with Gasteiger partial charge < -0.3 is 9.32 Å². The zero-order valence-corrected chi connectivity index (χ0v) is 11.2. The molecule has 0 fully saturated rings. The Kier molecular flexibility index (Phi) is 3.69. The first-order valence-corrected chi connectivity index (χ1v) is 6.08. The maximum absolute atomic E-state index is 13.7. The number of hydrogen-bond acceptors (Lipinski definition) is 3. The monoisotopic (exact) mass is 261 g/mol. The molecule has 0 bridgehead atoms. The van der Waals surface area contributed by atoms with Gasteiger partial charge in [-0.15, -0.1) is 0 Å². The minimum Gasteiger partial charge on any atom is -0.437 e. The van der Waals surface area contributed by atoms with Gasteiger partial charge in [-0.25, -0.2) is 4.39 Å². The molecule has 0 saturated heterocycles. The van der Waals surface area contributed by atoms with Crippen LogP contribution in [0.25, 0.3) is 0 Å². The number of carbonyl (C=O) groups is 1. The van der Waals surface area contributed by atoms with Crippen LogP contribution in [-0.2, 0) is 0 Å². The standard InChI is InChI=1S/C15H16FNO2/c1-10(12-6-4-5-7-13(12)16)17(3)15-9-8-14(19-15)11(2)18/h4-10H,1-3H3. The molecular weight excluding hydrogens is 245 g/mol. The second-order valence-electron chi connectivity index (χ2n) is 4.50. The predicted molar refractivity (Wildman–Crippen MR) is 71.9 cm³/mol. The zero-order chi connectivity index (χ0) is 14.0. The van der Waals surface area contributed by atoms with Gasteiger partial charge in [-0.3, -0.25) is 4.79 Å². The fourth-order valence-corrected chi connectivity index (χ4v) is 1.92. The fourth-order valence-electron chi connectivity index (χ4n) is 1.92.